The molecule has 26 heavy (non-hydrogen) atoms. The second-order valence-electron chi connectivity index (χ2n) is 7.11. The first-order chi connectivity index (χ1) is 12.1. The molecule has 1 rings (SSSR count). The Morgan fingerprint density at radius 3 is 2.08 bits per heavy atom. The van der Waals surface area contributed by atoms with Gasteiger partial charge in [-0.15, -0.1) is 0 Å². The quantitative estimate of drug-likeness (QED) is 0.638. The highest BCUT2D eigenvalue weighted by Gasteiger charge is 2.16. The average Bonchev–Trinajstić information content (AvgIpc) is 2.53. The van der Waals surface area contributed by atoms with E-state index in [9.17, 15) is 13.2 Å². The van der Waals surface area contributed by atoms with Crippen LogP contribution in [0.25, 0.3) is 0 Å². The number of nitrogens with zero attached hydrogens (tertiary/aromatic N) is 1. The molecular weight excluding hydrogens is 350 g/mol. The molecular formula is C19H33N3O3S. The van der Waals surface area contributed by atoms with Gasteiger partial charge in [0.25, 0.3) is 0 Å². The lowest BCUT2D eigenvalue weighted by molar-refractivity contribution is 0.251. The monoisotopic (exact) mass is 383 g/mol. The van der Waals surface area contributed by atoms with Crippen molar-refractivity contribution in [2.24, 2.45) is 0 Å². The number of carbonyl (C=O) groups excluding carboxylic acids is 1. The molecule has 1 aromatic carbocycles. The first kappa shape index (κ1) is 22.4. The first-order valence-corrected chi connectivity index (χ1v) is 11.1. The Balaban J connectivity index is 2.69. The van der Waals surface area contributed by atoms with E-state index in [1.807, 2.05) is 18.2 Å². The van der Waals surface area contributed by atoms with Gasteiger partial charge in [-0.1, -0.05) is 52.8 Å². The summed E-state index contributed by atoms with van der Waals surface area (Å²) in [6, 6.07) is 5.84. The largest absolute Gasteiger partial charge is 0.338 e. The lowest BCUT2D eigenvalue weighted by atomic mass is 9.93. The van der Waals surface area contributed by atoms with Crippen molar-refractivity contribution in [3.8, 4) is 0 Å². The van der Waals surface area contributed by atoms with Gasteiger partial charge in [0, 0.05) is 25.3 Å². The predicted octanol–water partition coefficient (Wildman–Crippen LogP) is 3.73. The summed E-state index contributed by atoms with van der Waals surface area (Å²) in [4.78, 5) is 12.3. The van der Waals surface area contributed by atoms with E-state index in [1.54, 1.807) is 6.92 Å². The van der Waals surface area contributed by atoms with E-state index in [-0.39, 0.29) is 6.03 Å². The van der Waals surface area contributed by atoms with Crippen LogP contribution >= 0.6 is 0 Å². The van der Waals surface area contributed by atoms with Crippen LogP contribution in [0.2, 0.25) is 0 Å². The zero-order valence-corrected chi connectivity index (χ0v) is 17.6. The van der Waals surface area contributed by atoms with E-state index in [2.05, 4.69) is 38.3 Å². The molecule has 6 nitrogen and oxygen atoms in total. The van der Waals surface area contributed by atoms with Crippen LogP contribution in [-0.2, 0) is 10.0 Å². The summed E-state index contributed by atoms with van der Waals surface area (Å²) in [7, 11) is -3.19. The Morgan fingerprint density at radius 1 is 1.12 bits per heavy atom. The molecule has 0 fully saturated rings. The van der Waals surface area contributed by atoms with Gasteiger partial charge in [-0.3, -0.25) is 0 Å². The van der Waals surface area contributed by atoms with Gasteiger partial charge in [-0.25, -0.2) is 17.5 Å². The standard InChI is InChI=1S/C19H33N3O3S/c1-7-22(26(6,24)25)13-9-12-20-19(23)21-18-16(14(2)3)10-8-11-17(18)15(4)5/h8,10-11,14-15H,7,9,12-13H2,1-6H3,(H2,20,21,23). The highest BCUT2D eigenvalue weighted by atomic mass is 32.2. The van der Waals surface area contributed by atoms with Crippen molar-refractivity contribution >= 4 is 21.7 Å². The minimum Gasteiger partial charge on any atom is -0.338 e. The highest BCUT2D eigenvalue weighted by molar-refractivity contribution is 7.88. The minimum atomic E-state index is -3.19. The third kappa shape index (κ3) is 6.61. The van der Waals surface area contributed by atoms with E-state index in [0.29, 0.717) is 37.9 Å². The lowest BCUT2D eigenvalue weighted by Crippen LogP contribution is -2.35. The van der Waals surface area contributed by atoms with Crippen LogP contribution in [0.5, 0.6) is 0 Å². The number of benzene rings is 1. The number of hydrogen-bond donors (Lipinski definition) is 2. The number of amides is 2. The maximum absolute atomic E-state index is 12.3. The molecule has 2 N–H and O–H groups in total. The van der Waals surface area contributed by atoms with Crippen LogP contribution in [0.4, 0.5) is 10.5 Å². The summed E-state index contributed by atoms with van der Waals surface area (Å²) in [5.74, 6) is 0.605. The molecule has 0 atom stereocenters. The number of rotatable bonds is 9. The fraction of sp³-hybridized carbons (Fsp3) is 0.632. The molecule has 0 saturated heterocycles. The third-order valence-corrected chi connectivity index (χ3v) is 5.68. The fourth-order valence-electron chi connectivity index (χ4n) is 2.87. The molecule has 0 bridgehead atoms. The fourth-order valence-corrected chi connectivity index (χ4v) is 3.80. The lowest BCUT2D eigenvalue weighted by Gasteiger charge is -2.21. The van der Waals surface area contributed by atoms with E-state index in [4.69, 9.17) is 0 Å². The minimum absolute atomic E-state index is 0.262. The molecule has 0 radical (unpaired) electrons. The van der Waals surface area contributed by atoms with Crippen molar-refractivity contribution < 1.29 is 13.2 Å². The topological polar surface area (TPSA) is 78.5 Å². The number of urea groups is 1. The molecule has 0 saturated carbocycles. The molecule has 0 aliphatic heterocycles. The Morgan fingerprint density at radius 2 is 1.65 bits per heavy atom. The molecule has 7 heteroatoms. The number of sulfonamides is 1. The maximum Gasteiger partial charge on any atom is 0.319 e. The van der Waals surface area contributed by atoms with Gasteiger partial charge in [0.15, 0.2) is 0 Å². The first-order valence-electron chi connectivity index (χ1n) is 9.20. The van der Waals surface area contributed by atoms with Crippen LogP contribution in [0.15, 0.2) is 18.2 Å². The van der Waals surface area contributed by atoms with Crippen molar-refractivity contribution in [1.82, 2.24) is 9.62 Å². The SMILES string of the molecule is CCN(CCCNC(=O)Nc1c(C(C)C)cccc1C(C)C)S(C)(=O)=O. The van der Waals surface area contributed by atoms with Crippen LogP contribution in [0.1, 0.15) is 64.0 Å². The summed E-state index contributed by atoms with van der Waals surface area (Å²) >= 11 is 0. The van der Waals surface area contributed by atoms with Gasteiger partial charge >= 0.3 is 6.03 Å². The smallest absolute Gasteiger partial charge is 0.319 e. The number of carbonyl (C=O) groups is 1. The van der Waals surface area contributed by atoms with Crippen molar-refractivity contribution in [1.29, 1.82) is 0 Å². The molecule has 0 heterocycles. The van der Waals surface area contributed by atoms with Gasteiger partial charge in [-0.2, -0.15) is 0 Å². The number of anilines is 1. The Labute approximate surface area is 158 Å². The maximum atomic E-state index is 12.3. The number of nitrogens with one attached hydrogen (secondary N) is 2. The van der Waals surface area contributed by atoms with E-state index >= 15 is 0 Å². The zero-order valence-electron chi connectivity index (χ0n) is 16.8. The number of hydrogen-bond acceptors (Lipinski definition) is 3. The molecule has 2 amide bonds. The predicted molar refractivity (Wildman–Crippen MR) is 108 cm³/mol. The van der Waals surface area contributed by atoms with Crippen molar-refractivity contribution in [2.45, 2.75) is 52.9 Å². The molecule has 0 unspecified atom stereocenters. The second kappa shape index (κ2) is 9.92. The van der Waals surface area contributed by atoms with Crippen LogP contribution in [0.3, 0.4) is 0 Å². The summed E-state index contributed by atoms with van der Waals surface area (Å²) < 4.78 is 24.5. The van der Waals surface area contributed by atoms with Crippen molar-refractivity contribution in [3.63, 3.8) is 0 Å². The molecule has 0 aliphatic rings. The highest BCUT2D eigenvalue weighted by Crippen LogP contribution is 2.32. The van der Waals surface area contributed by atoms with Gasteiger partial charge in [0.05, 0.1) is 6.26 Å². The summed E-state index contributed by atoms with van der Waals surface area (Å²) in [6.07, 6.45) is 1.77. The third-order valence-electron chi connectivity index (χ3n) is 4.30. The normalized spacial score (nSPS) is 12.0. The zero-order chi connectivity index (χ0) is 19.9. The van der Waals surface area contributed by atoms with Crippen LogP contribution in [-0.4, -0.2) is 44.6 Å². The molecule has 0 aliphatic carbocycles. The Hall–Kier alpha value is -1.60. The summed E-state index contributed by atoms with van der Waals surface area (Å²) in [6.45, 7) is 11.5. The van der Waals surface area contributed by atoms with Gasteiger partial charge in [0.2, 0.25) is 10.0 Å². The van der Waals surface area contributed by atoms with E-state index in [1.165, 1.54) is 10.6 Å². The molecule has 1 aromatic rings. The second-order valence-corrected chi connectivity index (χ2v) is 9.09. The van der Waals surface area contributed by atoms with Gasteiger partial charge in [-0.05, 0) is 29.4 Å². The molecule has 148 valence electrons. The van der Waals surface area contributed by atoms with Crippen LogP contribution < -0.4 is 10.6 Å². The van der Waals surface area contributed by atoms with Crippen molar-refractivity contribution in [3.05, 3.63) is 29.3 Å². The molecule has 0 aromatic heterocycles. The average molecular weight is 384 g/mol. The van der Waals surface area contributed by atoms with E-state index < -0.39 is 10.0 Å². The Bertz CT molecular complexity index is 674. The van der Waals surface area contributed by atoms with Crippen molar-refractivity contribution in [2.75, 3.05) is 31.2 Å². The van der Waals surface area contributed by atoms with E-state index in [0.717, 1.165) is 16.8 Å². The van der Waals surface area contributed by atoms with Crippen LogP contribution in [0, 0.1) is 0 Å². The molecule has 0 spiro atoms. The summed E-state index contributed by atoms with van der Waals surface area (Å²) in [5.41, 5.74) is 3.10. The van der Waals surface area contributed by atoms with Gasteiger partial charge < -0.3 is 10.6 Å². The Kier molecular flexibility index (Phi) is 8.56. The number of para-hydroxylation sites is 1. The van der Waals surface area contributed by atoms with Gasteiger partial charge in [0.1, 0.15) is 0 Å². The summed E-state index contributed by atoms with van der Waals surface area (Å²) in [5, 5.41) is 5.82.